The summed E-state index contributed by atoms with van der Waals surface area (Å²) in [6.45, 7) is 9.69. The highest BCUT2D eigenvalue weighted by Gasteiger charge is 2.28. The van der Waals surface area contributed by atoms with Gasteiger partial charge >= 0.3 is 0 Å². The first kappa shape index (κ1) is 20.0. The van der Waals surface area contributed by atoms with Crippen molar-refractivity contribution < 1.29 is 18.3 Å². The monoisotopic (exact) mass is 407 g/mol. The normalized spacial score (nSPS) is 19.0. The molecule has 156 valence electrons. The fraction of sp³-hybridized carbons (Fsp3) is 0.391. The van der Waals surface area contributed by atoms with E-state index in [4.69, 9.17) is 18.3 Å². The van der Waals surface area contributed by atoms with E-state index in [1.165, 1.54) is 11.1 Å². The van der Waals surface area contributed by atoms with Gasteiger partial charge in [0.05, 0.1) is 12.2 Å². The molecule has 3 heterocycles. The lowest BCUT2D eigenvalue weighted by atomic mass is 10.1. The summed E-state index contributed by atoms with van der Waals surface area (Å²) in [7, 11) is 0. The number of benzene rings is 1. The number of oxazole rings is 1. The molecule has 2 aromatic heterocycles. The number of morpholine rings is 1. The van der Waals surface area contributed by atoms with Crippen LogP contribution in [0.4, 0.5) is 5.88 Å². The predicted molar refractivity (Wildman–Crippen MR) is 111 cm³/mol. The quantitative estimate of drug-likeness (QED) is 0.610. The van der Waals surface area contributed by atoms with E-state index in [0.29, 0.717) is 37.1 Å². The van der Waals surface area contributed by atoms with Crippen LogP contribution in [0.1, 0.15) is 36.4 Å². The SMILES string of the molecule is Cc1ccc(OCc2ccc(-c3nc(C#N)c(N4C[C@@H](C)O[C@@H](C)C4)o3)o2)cc1C. The van der Waals surface area contributed by atoms with E-state index in [-0.39, 0.29) is 23.8 Å². The zero-order chi connectivity index (χ0) is 21.3. The Morgan fingerprint density at radius 1 is 1.10 bits per heavy atom. The van der Waals surface area contributed by atoms with Gasteiger partial charge in [0.2, 0.25) is 11.6 Å². The van der Waals surface area contributed by atoms with Crippen LogP contribution in [0.15, 0.2) is 39.2 Å². The highest BCUT2D eigenvalue weighted by Crippen LogP contribution is 2.31. The van der Waals surface area contributed by atoms with E-state index in [2.05, 4.69) is 24.9 Å². The summed E-state index contributed by atoms with van der Waals surface area (Å²) < 4.78 is 23.4. The number of furan rings is 1. The molecule has 4 rings (SSSR count). The lowest BCUT2D eigenvalue weighted by Crippen LogP contribution is -2.45. The number of nitrogens with zero attached hydrogens (tertiary/aromatic N) is 3. The Morgan fingerprint density at radius 3 is 2.57 bits per heavy atom. The smallest absolute Gasteiger partial charge is 0.266 e. The molecule has 7 nitrogen and oxygen atoms in total. The third-order valence-electron chi connectivity index (χ3n) is 5.15. The molecular weight excluding hydrogens is 382 g/mol. The Hall–Kier alpha value is -3.24. The van der Waals surface area contributed by atoms with E-state index in [1.807, 2.05) is 43.0 Å². The Labute approximate surface area is 175 Å². The topological polar surface area (TPSA) is 84.7 Å². The number of nitriles is 1. The number of anilines is 1. The van der Waals surface area contributed by atoms with E-state index < -0.39 is 0 Å². The minimum atomic E-state index is 0.0478. The van der Waals surface area contributed by atoms with E-state index in [0.717, 1.165) is 5.75 Å². The van der Waals surface area contributed by atoms with Gasteiger partial charge < -0.3 is 23.2 Å². The van der Waals surface area contributed by atoms with Gasteiger partial charge in [-0.15, -0.1) is 0 Å². The average Bonchev–Trinajstić information content (AvgIpc) is 3.35. The fourth-order valence-electron chi connectivity index (χ4n) is 3.58. The predicted octanol–water partition coefficient (Wildman–Crippen LogP) is 4.62. The lowest BCUT2D eigenvalue weighted by molar-refractivity contribution is -0.00639. The van der Waals surface area contributed by atoms with Crippen molar-refractivity contribution in [2.75, 3.05) is 18.0 Å². The Morgan fingerprint density at radius 2 is 1.87 bits per heavy atom. The van der Waals surface area contributed by atoms with Gasteiger partial charge in [-0.1, -0.05) is 6.07 Å². The number of ether oxygens (including phenoxy) is 2. The van der Waals surface area contributed by atoms with Gasteiger partial charge in [0, 0.05) is 13.1 Å². The Balaban J connectivity index is 1.50. The second-order valence-electron chi connectivity index (χ2n) is 7.75. The molecule has 0 unspecified atom stereocenters. The molecule has 0 radical (unpaired) electrons. The number of aryl methyl sites for hydroxylation is 2. The van der Waals surface area contributed by atoms with Crippen LogP contribution in [0.25, 0.3) is 11.7 Å². The molecule has 3 aromatic rings. The van der Waals surface area contributed by atoms with Crippen molar-refractivity contribution in [3.63, 3.8) is 0 Å². The van der Waals surface area contributed by atoms with Crippen LogP contribution in [0.5, 0.6) is 5.75 Å². The molecule has 0 saturated carbocycles. The minimum Gasteiger partial charge on any atom is -0.486 e. The Bertz CT molecular complexity index is 1070. The van der Waals surface area contributed by atoms with Crippen molar-refractivity contribution in [1.29, 1.82) is 5.26 Å². The molecule has 2 atom stereocenters. The minimum absolute atomic E-state index is 0.0478. The molecule has 1 saturated heterocycles. The summed E-state index contributed by atoms with van der Waals surface area (Å²) in [5, 5.41) is 9.52. The molecule has 7 heteroatoms. The molecule has 0 amide bonds. The first-order valence-electron chi connectivity index (χ1n) is 10.0. The van der Waals surface area contributed by atoms with Gasteiger partial charge in [-0.3, -0.25) is 0 Å². The zero-order valence-electron chi connectivity index (χ0n) is 17.6. The maximum absolute atomic E-state index is 9.52. The van der Waals surface area contributed by atoms with Crippen LogP contribution in [-0.4, -0.2) is 30.3 Å². The number of aromatic nitrogens is 1. The molecule has 1 fully saturated rings. The zero-order valence-corrected chi connectivity index (χ0v) is 17.6. The molecule has 1 aromatic carbocycles. The van der Waals surface area contributed by atoms with Crippen LogP contribution in [0.2, 0.25) is 0 Å². The Kier molecular flexibility index (Phi) is 5.51. The van der Waals surface area contributed by atoms with Crippen LogP contribution in [-0.2, 0) is 11.3 Å². The van der Waals surface area contributed by atoms with Crippen molar-refractivity contribution >= 4 is 5.88 Å². The first-order chi connectivity index (χ1) is 14.4. The summed E-state index contributed by atoms with van der Waals surface area (Å²) in [5.74, 6) is 2.64. The van der Waals surface area contributed by atoms with Gasteiger partial charge in [0.15, 0.2) is 5.76 Å². The molecule has 0 bridgehead atoms. The third kappa shape index (κ3) is 4.19. The molecule has 0 N–H and O–H groups in total. The standard InChI is InChI=1S/C23H25N3O4/c1-14-5-6-18(9-15(14)2)27-13-19-7-8-21(29-19)22-25-20(10-24)23(30-22)26-11-16(3)28-17(4)12-26/h5-9,16-17H,11-13H2,1-4H3/t16-,17+. The van der Waals surface area contributed by atoms with Gasteiger partial charge in [0.25, 0.3) is 5.89 Å². The van der Waals surface area contributed by atoms with Crippen molar-refractivity contribution in [1.82, 2.24) is 4.98 Å². The van der Waals surface area contributed by atoms with Crippen molar-refractivity contribution in [3.8, 4) is 23.5 Å². The van der Waals surface area contributed by atoms with E-state index >= 15 is 0 Å². The highest BCUT2D eigenvalue weighted by molar-refractivity contribution is 5.56. The summed E-state index contributed by atoms with van der Waals surface area (Å²) in [4.78, 5) is 6.33. The molecule has 30 heavy (non-hydrogen) atoms. The van der Waals surface area contributed by atoms with Gasteiger partial charge in [0.1, 0.15) is 24.2 Å². The second kappa shape index (κ2) is 8.25. The summed E-state index contributed by atoms with van der Waals surface area (Å²) in [5.41, 5.74) is 2.64. The molecule has 0 aliphatic carbocycles. The van der Waals surface area contributed by atoms with Gasteiger partial charge in [-0.2, -0.15) is 10.2 Å². The number of hydrogen-bond donors (Lipinski definition) is 0. The molecule has 1 aliphatic rings. The number of hydrogen-bond acceptors (Lipinski definition) is 7. The van der Waals surface area contributed by atoms with E-state index in [9.17, 15) is 5.26 Å². The van der Waals surface area contributed by atoms with Crippen molar-refractivity contribution in [3.05, 3.63) is 52.9 Å². The van der Waals surface area contributed by atoms with Gasteiger partial charge in [-0.05, 0) is 63.1 Å². The highest BCUT2D eigenvalue weighted by atomic mass is 16.5. The molecule has 1 aliphatic heterocycles. The third-order valence-corrected chi connectivity index (χ3v) is 5.15. The lowest BCUT2D eigenvalue weighted by Gasteiger charge is -2.34. The fourth-order valence-corrected chi connectivity index (χ4v) is 3.58. The van der Waals surface area contributed by atoms with Crippen LogP contribution >= 0.6 is 0 Å². The summed E-state index contributed by atoms with van der Waals surface area (Å²) >= 11 is 0. The van der Waals surface area contributed by atoms with Crippen LogP contribution < -0.4 is 9.64 Å². The molecular formula is C23H25N3O4. The van der Waals surface area contributed by atoms with E-state index in [1.54, 1.807) is 6.07 Å². The van der Waals surface area contributed by atoms with Gasteiger partial charge in [-0.25, -0.2) is 0 Å². The van der Waals surface area contributed by atoms with Crippen molar-refractivity contribution in [2.24, 2.45) is 0 Å². The number of rotatable bonds is 5. The van der Waals surface area contributed by atoms with Crippen LogP contribution in [0, 0.1) is 25.2 Å². The van der Waals surface area contributed by atoms with Crippen LogP contribution in [0.3, 0.4) is 0 Å². The first-order valence-corrected chi connectivity index (χ1v) is 10.0. The summed E-state index contributed by atoms with van der Waals surface area (Å²) in [6.07, 6.45) is 0.0956. The van der Waals surface area contributed by atoms with Crippen molar-refractivity contribution in [2.45, 2.75) is 46.5 Å². The largest absolute Gasteiger partial charge is 0.486 e. The maximum Gasteiger partial charge on any atom is 0.266 e. The average molecular weight is 407 g/mol. The summed E-state index contributed by atoms with van der Waals surface area (Å²) in [6, 6.07) is 11.7. The molecule has 0 spiro atoms. The second-order valence-corrected chi connectivity index (χ2v) is 7.75. The maximum atomic E-state index is 9.52.